The van der Waals surface area contributed by atoms with Crippen molar-refractivity contribution in [2.24, 2.45) is 5.92 Å². The van der Waals surface area contributed by atoms with Crippen LogP contribution in [0.15, 0.2) is 22.7 Å². The number of benzene rings is 1. The number of piperidine rings is 1. The summed E-state index contributed by atoms with van der Waals surface area (Å²) in [6, 6.07) is 6.83. The molecule has 94 valence electrons. The Labute approximate surface area is 113 Å². The Morgan fingerprint density at radius 2 is 2.33 bits per heavy atom. The second-order valence-electron chi connectivity index (χ2n) is 4.37. The van der Waals surface area contributed by atoms with Gasteiger partial charge in [0.15, 0.2) is 0 Å². The van der Waals surface area contributed by atoms with Crippen LogP contribution in [0.3, 0.4) is 0 Å². The number of hydrogen-bond donors (Lipinski definition) is 0. The lowest BCUT2D eigenvalue weighted by Crippen LogP contribution is -2.39. The summed E-state index contributed by atoms with van der Waals surface area (Å²) < 4.78 is 14.4. The number of carbonyl (C=O) groups is 1. The van der Waals surface area contributed by atoms with E-state index in [1.807, 2.05) is 0 Å². The predicted octanol–water partition coefficient (Wildman–Crippen LogP) is 2.85. The number of rotatable bonds is 2. The van der Waals surface area contributed by atoms with Crippen LogP contribution in [0, 0.1) is 23.1 Å². The topological polar surface area (TPSA) is 44.1 Å². The molecule has 0 radical (unpaired) electrons. The molecule has 0 N–H and O–H groups in total. The molecule has 0 bridgehead atoms. The van der Waals surface area contributed by atoms with E-state index in [4.69, 9.17) is 5.26 Å². The molecule has 1 amide bonds. The Balaban J connectivity index is 2.14. The summed E-state index contributed by atoms with van der Waals surface area (Å²) in [5, 5.41) is 8.89. The minimum Gasteiger partial charge on any atom is -0.337 e. The molecule has 3 nitrogen and oxygen atoms in total. The van der Waals surface area contributed by atoms with Crippen LogP contribution >= 0.6 is 15.9 Å². The minimum absolute atomic E-state index is 0.0131. The molecular weight excluding hydrogens is 299 g/mol. The van der Waals surface area contributed by atoms with Crippen LogP contribution in [0.5, 0.6) is 0 Å². The first-order valence-electron chi connectivity index (χ1n) is 5.71. The number of amides is 1. The van der Waals surface area contributed by atoms with E-state index in [2.05, 4.69) is 22.0 Å². The van der Waals surface area contributed by atoms with E-state index >= 15 is 0 Å². The summed E-state index contributed by atoms with van der Waals surface area (Å²) in [6.45, 7) is 0.615. The predicted molar refractivity (Wildman–Crippen MR) is 67.9 cm³/mol. The third-order valence-corrected chi connectivity index (χ3v) is 3.54. The highest BCUT2D eigenvalue weighted by Crippen LogP contribution is 2.22. The standard InChI is InChI=1S/C13H12BrFN2O/c14-11-2-3-12(15)10(5-11)8-17-7-9(6-16)1-4-13(17)18/h2-3,5,9H,1,4,7-8H2. The SMILES string of the molecule is N#CC1CCC(=O)N(Cc2cc(Br)ccc2F)C1. The number of carbonyl (C=O) groups excluding carboxylic acids is 1. The van der Waals surface area contributed by atoms with Gasteiger partial charge in [-0.25, -0.2) is 4.39 Å². The maximum Gasteiger partial charge on any atom is 0.222 e. The molecule has 1 aromatic carbocycles. The molecule has 0 spiro atoms. The van der Waals surface area contributed by atoms with Gasteiger partial charge in [-0.2, -0.15) is 5.26 Å². The lowest BCUT2D eigenvalue weighted by Gasteiger charge is -2.29. The average Bonchev–Trinajstić information content (AvgIpc) is 2.36. The molecular formula is C13H12BrFN2O. The Morgan fingerprint density at radius 1 is 1.56 bits per heavy atom. The van der Waals surface area contributed by atoms with Gasteiger partial charge < -0.3 is 4.90 Å². The molecule has 1 fully saturated rings. The number of likely N-dealkylation sites (tertiary alicyclic amines) is 1. The molecule has 1 aliphatic rings. The molecule has 2 rings (SSSR count). The first-order chi connectivity index (χ1) is 8.60. The fourth-order valence-electron chi connectivity index (χ4n) is 2.04. The van der Waals surface area contributed by atoms with Crippen LogP contribution in [0.1, 0.15) is 18.4 Å². The second kappa shape index (κ2) is 5.49. The third-order valence-electron chi connectivity index (χ3n) is 3.05. The fourth-order valence-corrected chi connectivity index (χ4v) is 2.45. The molecule has 0 saturated carbocycles. The van der Waals surface area contributed by atoms with Crippen LogP contribution in [0.25, 0.3) is 0 Å². The molecule has 5 heteroatoms. The molecule has 0 aromatic heterocycles. The zero-order chi connectivity index (χ0) is 13.1. The van der Waals surface area contributed by atoms with Crippen LogP contribution in [0.4, 0.5) is 4.39 Å². The highest BCUT2D eigenvalue weighted by molar-refractivity contribution is 9.10. The van der Waals surface area contributed by atoms with Crippen molar-refractivity contribution in [1.82, 2.24) is 4.90 Å². The Morgan fingerprint density at radius 3 is 3.06 bits per heavy atom. The van der Waals surface area contributed by atoms with Crippen LogP contribution < -0.4 is 0 Å². The Bertz CT molecular complexity index is 512. The highest BCUT2D eigenvalue weighted by atomic mass is 79.9. The van der Waals surface area contributed by atoms with Gasteiger partial charge in [-0.3, -0.25) is 4.79 Å². The monoisotopic (exact) mass is 310 g/mol. The molecule has 1 saturated heterocycles. The van der Waals surface area contributed by atoms with E-state index in [0.29, 0.717) is 24.9 Å². The fraction of sp³-hybridized carbons (Fsp3) is 0.385. The zero-order valence-electron chi connectivity index (χ0n) is 9.70. The lowest BCUT2D eigenvalue weighted by atomic mass is 9.98. The largest absolute Gasteiger partial charge is 0.337 e. The van der Waals surface area contributed by atoms with Crippen LogP contribution in [-0.4, -0.2) is 17.4 Å². The van der Waals surface area contributed by atoms with Gasteiger partial charge in [0, 0.05) is 29.5 Å². The number of nitriles is 1. The number of nitrogens with zero attached hydrogens (tertiary/aromatic N) is 2. The summed E-state index contributed by atoms with van der Waals surface area (Å²) in [6.07, 6.45) is 0.973. The molecule has 18 heavy (non-hydrogen) atoms. The molecule has 1 heterocycles. The van der Waals surface area contributed by atoms with E-state index in [1.165, 1.54) is 6.07 Å². The summed E-state index contributed by atoms with van der Waals surface area (Å²) >= 11 is 3.28. The van der Waals surface area contributed by atoms with Gasteiger partial charge >= 0.3 is 0 Å². The molecule has 1 aliphatic heterocycles. The van der Waals surface area contributed by atoms with E-state index < -0.39 is 0 Å². The quantitative estimate of drug-likeness (QED) is 0.843. The van der Waals surface area contributed by atoms with Crippen molar-refractivity contribution in [3.8, 4) is 6.07 Å². The van der Waals surface area contributed by atoms with Crippen molar-refractivity contribution in [2.75, 3.05) is 6.54 Å². The van der Waals surface area contributed by atoms with Gasteiger partial charge in [0.1, 0.15) is 5.82 Å². The molecule has 0 aliphatic carbocycles. The minimum atomic E-state index is -0.329. The third kappa shape index (κ3) is 2.88. The highest BCUT2D eigenvalue weighted by Gasteiger charge is 2.26. The average molecular weight is 311 g/mol. The van der Waals surface area contributed by atoms with Crippen molar-refractivity contribution in [2.45, 2.75) is 19.4 Å². The Kier molecular flexibility index (Phi) is 3.97. The summed E-state index contributed by atoms with van der Waals surface area (Å²) in [7, 11) is 0. The van der Waals surface area contributed by atoms with Crippen LogP contribution in [0.2, 0.25) is 0 Å². The number of hydrogen-bond acceptors (Lipinski definition) is 2. The van der Waals surface area contributed by atoms with Gasteiger partial charge in [0.05, 0.1) is 12.0 Å². The van der Waals surface area contributed by atoms with Gasteiger partial charge in [-0.05, 0) is 24.6 Å². The van der Waals surface area contributed by atoms with Crippen molar-refractivity contribution in [1.29, 1.82) is 5.26 Å². The van der Waals surface area contributed by atoms with Crippen LogP contribution in [-0.2, 0) is 11.3 Å². The van der Waals surface area contributed by atoms with E-state index in [0.717, 1.165) is 4.47 Å². The first kappa shape index (κ1) is 13.0. The number of halogens is 2. The van der Waals surface area contributed by atoms with Crippen molar-refractivity contribution in [3.05, 3.63) is 34.1 Å². The van der Waals surface area contributed by atoms with Crippen molar-refractivity contribution in [3.63, 3.8) is 0 Å². The van der Waals surface area contributed by atoms with Crippen molar-refractivity contribution >= 4 is 21.8 Å². The summed E-state index contributed by atoms with van der Waals surface area (Å²) in [4.78, 5) is 13.3. The van der Waals surface area contributed by atoms with E-state index in [-0.39, 0.29) is 24.2 Å². The second-order valence-corrected chi connectivity index (χ2v) is 5.29. The molecule has 1 aromatic rings. The smallest absolute Gasteiger partial charge is 0.222 e. The maximum absolute atomic E-state index is 13.6. The van der Waals surface area contributed by atoms with Crippen molar-refractivity contribution < 1.29 is 9.18 Å². The molecule has 1 atom stereocenters. The zero-order valence-corrected chi connectivity index (χ0v) is 11.3. The summed E-state index contributed by atoms with van der Waals surface area (Å²) in [5.74, 6) is -0.483. The summed E-state index contributed by atoms with van der Waals surface area (Å²) in [5.41, 5.74) is 0.469. The molecule has 1 unspecified atom stereocenters. The first-order valence-corrected chi connectivity index (χ1v) is 6.51. The maximum atomic E-state index is 13.6. The van der Waals surface area contributed by atoms with Gasteiger partial charge in [-0.15, -0.1) is 0 Å². The lowest BCUT2D eigenvalue weighted by molar-refractivity contribution is -0.134. The van der Waals surface area contributed by atoms with E-state index in [9.17, 15) is 9.18 Å². The Hall–Kier alpha value is -1.41. The normalized spacial score (nSPS) is 19.7. The van der Waals surface area contributed by atoms with Gasteiger partial charge in [-0.1, -0.05) is 15.9 Å². The van der Waals surface area contributed by atoms with E-state index in [1.54, 1.807) is 17.0 Å². The van der Waals surface area contributed by atoms with Gasteiger partial charge in [0.2, 0.25) is 5.91 Å². The van der Waals surface area contributed by atoms with Gasteiger partial charge in [0.25, 0.3) is 0 Å².